The first-order valence-corrected chi connectivity index (χ1v) is 10.9. The van der Waals surface area contributed by atoms with Crippen molar-refractivity contribution < 1.29 is 0 Å². The Morgan fingerprint density at radius 1 is 0.400 bits per heavy atom. The van der Waals surface area contributed by atoms with Gasteiger partial charge in [0.2, 0.25) is 0 Å². The number of rotatable bonds is 1. The van der Waals surface area contributed by atoms with Gasteiger partial charge in [0.25, 0.3) is 0 Å². The van der Waals surface area contributed by atoms with Crippen molar-refractivity contribution in [2.75, 3.05) is 0 Å². The molecule has 5 aromatic carbocycles. The van der Waals surface area contributed by atoms with Gasteiger partial charge in [0.1, 0.15) is 0 Å². The van der Waals surface area contributed by atoms with Crippen molar-refractivity contribution in [2.24, 2.45) is 0 Å². The van der Waals surface area contributed by atoms with Gasteiger partial charge in [0, 0.05) is 0 Å². The molecule has 0 nitrogen and oxygen atoms in total. The number of fused-ring (bicyclic) bond motifs is 5. The van der Waals surface area contributed by atoms with E-state index >= 15 is 0 Å². The average Bonchev–Trinajstić information content (AvgIpc) is 2.85. The lowest BCUT2D eigenvalue weighted by Crippen LogP contribution is -2.02. The zero-order valence-electron chi connectivity index (χ0n) is 17.2. The highest BCUT2D eigenvalue weighted by atomic mass is 14.2. The fraction of sp³-hybridized carbons (Fsp3) is 0.133. The molecule has 6 rings (SSSR count). The number of hydrogen-bond acceptors (Lipinski definition) is 0. The second-order valence-corrected chi connectivity index (χ2v) is 8.02. The Kier molecular flexibility index (Phi) is 5.31. The summed E-state index contributed by atoms with van der Waals surface area (Å²) in [5.41, 5.74) is 5.73. The van der Waals surface area contributed by atoms with Crippen LogP contribution in [-0.2, 0) is 12.8 Å². The monoisotopic (exact) mass is 386 g/mol. The lowest BCUT2D eigenvalue weighted by atomic mass is 9.86. The third kappa shape index (κ3) is 3.74. The van der Waals surface area contributed by atoms with Crippen LogP contribution in [0.3, 0.4) is 0 Å². The molecular weight excluding hydrogens is 360 g/mol. The van der Waals surface area contributed by atoms with Crippen LogP contribution in [0.1, 0.15) is 24.0 Å². The van der Waals surface area contributed by atoms with E-state index in [2.05, 4.69) is 97.1 Å². The van der Waals surface area contributed by atoms with Gasteiger partial charge in [-0.05, 0) is 69.5 Å². The highest BCUT2D eigenvalue weighted by Crippen LogP contribution is 2.33. The Bertz CT molecular complexity index is 1230. The van der Waals surface area contributed by atoms with Gasteiger partial charge >= 0.3 is 0 Å². The molecule has 0 aromatic heterocycles. The summed E-state index contributed by atoms with van der Waals surface area (Å²) in [7, 11) is 0. The van der Waals surface area contributed by atoms with E-state index in [1.54, 1.807) is 11.1 Å². The first-order valence-electron chi connectivity index (χ1n) is 10.9. The standard InChI is InChI=1S/C18H16.C12H10/c1-3-7-15-13(5-1)9-11-18-16-8-4-2-6-14(16)10-12-17(15)18;1-3-7-11(8-4-1)12-9-5-2-6-10-12/h1,3,5,7,9-12H,2,4,6,8H2;1-10H. The number of hydrogen-bond donors (Lipinski definition) is 0. The van der Waals surface area contributed by atoms with Gasteiger partial charge in [0.05, 0.1) is 0 Å². The normalized spacial score (nSPS) is 12.8. The summed E-state index contributed by atoms with van der Waals surface area (Å²) < 4.78 is 0. The summed E-state index contributed by atoms with van der Waals surface area (Å²) in [6.45, 7) is 0. The van der Waals surface area contributed by atoms with E-state index in [0.29, 0.717) is 0 Å². The smallest absolute Gasteiger partial charge is 0.0102 e. The van der Waals surface area contributed by atoms with Gasteiger partial charge < -0.3 is 0 Å². The topological polar surface area (TPSA) is 0 Å². The van der Waals surface area contributed by atoms with Crippen LogP contribution in [0.4, 0.5) is 0 Å². The van der Waals surface area contributed by atoms with Crippen LogP contribution >= 0.6 is 0 Å². The number of benzene rings is 5. The van der Waals surface area contributed by atoms with Crippen LogP contribution < -0.4 is 0 Å². The molecule has 0 unspecified atom stereocenters. The quantitative estimate of drug-likeness (QED) is 0.255. The van der Waals surface area contributed by atoms with Gasteiger partial charge in [-0.15, -0.1) is 0 Å². The molecule has 0 fully saturated rings. The second-order valence-electron chi connectivity index (χ2n) is 8.02. The van der Waals surface area contributed by atoms with Crippen molar-refractivity contribution in [2.45, 2.75) is 25.7 Å². The van der Waals surface area contributed by atoms with Crippen molar-refractivity contribution >= 4 is 21.5 Å². The summed E-state index contributed by atoms with van der Waals surface area (Å²) in [5, 5.41) is 5.64. The van der Waals surface area contributed by atoms with Gasteiger partial charge in [-0.25, -0.2) is 0 Å². The van der Waals surface area contributed by atoms with Crippen LogP contribution in [0, 0.1) is 0 Å². The Labute approximate surface area is 178 Å². The summed E-state index contributed by atoms with van der Waals surface area (Å²) in [6.07, 6.45) is 5.22. The van der Waals surface area contributed by atoms with Gasteiger partial charge in [-0.2, -0.15) is 0 Å². The van der Waals surface area contributed by atoms with Crippen LogP contribution in [0.15, 0.2) is 109 Å². The molecule has 5 aromatic rings. The molecule has 0 spiro atoms. The van der Waals surface area contributed by atoms with Gasteiger partial charge in [-0.1, -0.05) is 109 Å². The van der Waals surface area contributed by atoms with Crippen molar-refractivity contribution in [1.29, 1.82) is 0 Å². The molecule has 0 saturated carbocycles. The SMILES string of the molecule is c1ccc(-c2ccccc2)cc1.c1ccc2c(c1)ccc1c3c(ccc12)CCCC3. The van der Waals surface area contributed by atoms with E-state index in [1.165, 1.54) is 58.4 Å². The average molecular weight is 387 g/mol. The first-order chi connectivity index (χ1) is 14.9. The van der Waals surface area contributed by atoms with E-state index in [9.17, 15) is 0 Å². The van der Waals surface area contributed by atoms with Crippen LogP contribution in [0.5, 0.6) is 0 Å². The lowest BCUT2D eigenvalue weighted by Gasteiger charge is -2.18. The molecule has 0 aliphatic heterocycles. The molecule has 0 N–H and O–H groups in total. The highest BCUT2D eigenvalue weighted by Gasteiger charge is 2.13. The summed E-state index contributed by atoms with van der Waals surface area (Å²) in [6, 6.07) is 38.7. The van der Waals surface area contributed by atoms with E-state index in [4.69, 9.17) is 0 Å². The van der Waals surface area contributed by atoms with Crippen molar-refractivity contribution in [3.05, 3.63) is 120 Å². The summed E-state index contributed by atoms with van der Waals surface area (Å²) in [4.78, 5) is 0. The molecule has 0 atom stereocenters. The molecule has 1 aliphatic rings. The first kappa shape index (κ1) is 18.6. The van der Waals surface area contributed by atoms with Crippen LogP contribution in [-0.4, -0.2) is 0 Å². The molecule has 0 saturated heterocycles. The maximum atomic E-state index is 2.35. The van der Waals surface area contributed by atoms with Crippen molar-refractivity contribution in [1.82, 2.24) is 0 Å². The van der Waals surface area contributed by atoms with E-state index in [1.807, 2.05) is 12.1 Å². The third-order valence-electron chi connectivity index (χ3n) is 6.14. The molecular formula is C30H26. The van der Waals surface area contributed by atoms with E-state index in [-0.39, 0.29) is 0 Å². The molecule has 146 valence electrons. The zero-order valence-corrected chi connectivity index (χ0v) is 17.2. The second kappa shape index (κ2) is 8.55. The Hall–Kier alpha value is -3.38. The highest BCUT2D eigenvalue weighted by molar-refractivity contribution is 6.08. The molecule has 30 heavy (non-hydrogen) atoms. The lowest BCUT2D eigenvalue weighted by molar-refractivity contribution is 0.690. The molecule has 0 bridgehead atoms. The molecule has 0 heterocycles. The Morgan fingerprint density at radius 3 is 1.73 bits per heavy atom. The maximum absolute atomic E-state index is 2.35. The van der Waals surface area contributed by atoms with E-state index < -0.39 is 0 Å². The van der Waals surface area contributed by atoms with Crippen molar-refractivity contribution in [3.63, 3.8) is 0 Å². The fourth-order valence-corrected chi connectivity index (χ4v) is 4.60. The Morgan fingerprint density at radius 2 is 1.00 bits per heavy atom. The minimum atomic E-state index is 1.25. The van der Waals surface area contributed by atoms with Crippen LogP contribution in [0.2, 0.25) is 0 Å². The summed E-state index contributed by atoms with van der Waals surface area (Å²) >= 11 is 0. The zero-order chi connectivity index (χ0) is 20.2. The summed E-state index contributed by atoms with van der Waals surface area (Å²) in [5.74, 6) is 0. The minimum absolute atomic E-state index is 1.25. The predicted octanol–water partition coefficient (Wildman–Crippen LogP) is 8.23. The third-order valence-corrected chi connectivity index (χ3v) is 6.14. The fourth-order valence-electron chi connectivity index (χ4n) is 4.60. The minimum Gasteiger partial charge on any atom is -0.0622 e. The Balaban J connectivity index is 0.000000140. The molecule has 0 heteroatoms. The van der Waals surface area contributed by atoms with Crippen molar-refractivity contribution in [3.8, 4) is 11.1 Å². The number of aryl methyl sites for hydroxylation is 2. The van der Waals surface area contributed by atoms with Gasteiger partial charge in [-0.3, -0.25) is 0 Å². The van der Waals surface area contributed by atoms with Crippen LogP contribution in [0.25, 0.3) is 32.7 Å². The largest absolute Gasteiger partial charge is 0.0622 e. The molecule has 0 amide bonds. The maximum Gasteiger partial charge on any atom is -0.0102 e. The van der Waals surface area contributed by atoms with Gasteiger partial charge in [0.15, 0.2) is 0 Å². The predicted molar refractivity (Wildman–Crippen MR) is 130 cm³/mol. The van der Waals surface area contributed by atoms with E-state index in [0.717, 1.165) is 0 Å². The molecule has 0 radical (unpaired) electrons. The molecule has 1 aliphatic carbocycles.